The molecule has 0 aromatic heterocycles. The van der Waals surface area contributed by atoms with Gasteiger partial charge < -0.3 is 15.3 Å². The van der Waals surface area contributed by atoms with E-state index >= 15 is 0 Å². The van der Waals surface area contributed by atoms with Crippen LogP contribution in [0.4, 0.5) is 0 Å². The second-order valence-corrected chi connectivity index (χ2v) is 7.16. The number of hydrogen-bond donors (Lipinski definition) is 3. The molecule has 4 heteroatoms. The number of rotatable bonds is 7. The zero-order valence-corrected chi connectivity index (χ0v) is 14.6. The van der Waals surface area contributed by atoms with E-state index in [1.54, 1.807) is 0 Å². The number of aliphatic hydroxyl groups excluding tert-OH is 2. The molecule has 2 rings (SSSR count). The first-order valence-corrected chi connectivity index (χ1v) is 9.30. The molecule has 0 bridgehead atoms. The largest absolute Gasteiger partial charge is 0.481 e. The topological polar surface area (TPSA) is 77.8 Å². The van der Waals surface area contributed by atoms with Gasteiger partial charge in [-0.15, -0.1) is 0 Å². The monoisotopic (exact) mass is 334 g/mol. The number of carboxylic acids is 1. The highest BCUT2D eigenvalue weighted by atomic mass is 16.4. The molecule has 0 amide bonds. The van der Waals surface area contributed by atoms with Crippen LogP contribution >= 0.6 is 0 Å². The van der Waals surface area contributed by atoms with E-state index in [1.165, 1.54) is 5.57 Å². The summed E-state index contributed by atoms with van der Waals surface area (Å²) in [6.45, 7) is 2.13. The van der Waals surface area contributed by atoms with Crippen LogP contribution in [0.15, 0.2) is 11.6 Å². The molecule has 2 saturated carbocycles. The summed E-state index contributed by atoms with van der Waals surface area (Å²) in [5, 5.41) is 29.0. The van der Waals surface area contributed by atoms with Gasteiger partial charge in [0.05, 0.1) is 12.0 Å². The molecule has 24 heavy (non-hydrogen) atoms. The summed E-state index contributed by atoms with van der Waals surface area (Å²) in [6.07, 6.45) is 8.38. The van der Waals surface area contributed by atoms with Crippen molar-refractivity contribution in [1.29, 1.82) is 0 Å². The molecule has 5 atom stereocenters. The summed E-state index contributed by atoms with van der Waals surface area (Å²) in [5.41, 5.74) is 1.34. The van der Waals surface area contributed by atoms with Crippen molar-refractivity contribution in [3.63, 3.8) is 0 Å². The molecule has 2 aliphatic rings. The lowest BCUT2D eigenvalue weighted by molar-refractivity contribution is -0.136. The average Bonchev–Trinajstić information content (AvgIpc) is 2.51. The minimum Gasteiger partial charge on any atom is -0.481 e. The van der Waals surface area contributed by atoms with Gasteiger partial charge in [0.2, 0.25) is 0 Å². The first-order valence-electron chi connectivity index (χ1n) is 9.30. The number of fused-ring (bicyclic) bond motifs is 1. The third kappa shape index (κ3) is 5.09. The molecule has 0 saturated heterocycles. The standard InChI is InChI=1S/C20H30O4/c1-2-3-4-7-15(21)9-10-17-18-13-14(6-5-8-20(23)24)16(18)11-12-19(17)22/h6,15-19,21-22H,2-5,7-8,11-13H2,1H3,(H,23,24)/b14-6+/t15?,16-,17?,18?,19-/m1/s1. The fourth-order valence-corrected chi connectivity index (χ4v) is 3.94. The Hall–Kier alpha value is -1.31. The highest BCUT2D eigenvalue weighted by Crippen LogP contribution is 2.51. The molecule has 3 N–H and O–H groups in total. The normalized spacial score (nSPS) is 31.5. The van der Waals surface area contributed by atoms with Crippen LogP contribution in [0.25, 0.3) is 0 Å². The van der Waals surface area contributed by atoms with Crippen LogP contribution in [-0.4, -0.2) is 33.5 Å². The average molecular weight is 334 g/mol. The predicted molar refractivity (Wildman–Crippen MR) is 93.2 cm³/mol. The molecule has 0 aromatic carbocycles. The summed E-state index contributed by atoms with van der Waals surface area (Å²) in [4.78, 5) is 10.6. The molecule has 0 heterocycles. The number of carboxylic acid groups (broad SMARTS) is 1. The van der Waals surface area contributed by atoms with E-state index in [9.17, 15) is 15.0 Å². The first kappa shape index (κ1) is 19.0. The van der Waals surface area contributed by atoms with Gasteiger partial charge in [0.1, 0.15) is 6.10 Å². The van der Waals surface area contributed by atoms with Crippen molar-refractivity contribution in [3.05, 3.63) is 11.6 Å². The van der Waals surface area contributed by atoms with Gasteiger partial charge in [-0.1, -0.05) is 43.3 Å². The predicted octanol–water partition coefficient (Wildman–Crippen LogP) is 3.13. The van der Waals surface area contributed by atoms with E-state index in [-0.39, 0.29) is 12.3 Å². The molecular weight excluding hydrogens is 304 g/mol. The number of carbonyl (C=O) groups is 1. The van der Waals surface area contributed by atoms with Crippen molar-refractivity contribution in [2.45, 2.75) is 76.9 Å². The molecule has 0 spiro atoms. The van der Waals surface area contributed by atoms with Gasteiger partial charge in [-0.2, -0.15) is 0 Å². The van der Waals surface area contributed by atoms with Gasteiger partial charge in [-0.3, -0.25) is 4.79 Å². The second-order valence-electron chi connectivity index (χ2n) is 7.16. The van der Waals surface area contributed by atoms with Crippen LogP contribution in [0.2, 0.25) is 0 Å². The Morgan fingerprint density at radius 1 is 1.38 bits per heavy atom. The van der Waals surface area contributed by atoms with Gasteiger partial charge in [-0.25, -0.2) is 0 Å². The lowest BCUT2D eigenvalue weighted by atomic mass is 9.57. The van der Waals surface area contributed by atoms with Gasteiger partial charge in [0.25, 0.3) is 0 Å². The third-order valence-electron chi connectivity index (χ3n) is 5.38. The summed E-state index contributed by atoms with van der Waals surface area (Å²) < 4.78 is 0. The van der Waals surface area contributed by atoms with E-state index in [4.69, 9.17) is 5.11 Å². The Bertz CT molecular complexity index is 513. The highest BCUT2D eigenvalue weighted by molar-refractivity contribution is 5.66. The zero-order valence-electron chi connectivity index (χ0n) is 14.6. The van der Waals surface area contributed by atoms with Crippen LogP contribution in [0.5, 0.6) is 0 Å². The molecule has 0 radical (unpaired) electrons. The first-order chi connectivity index (χ1) is 11.5. The SMILES string of the molecule is CCCCCC(O)C#CC1C2C/C(=C\CCC(=O)O)[C@H]2CC[C@H]1O. The van der Waals surface area contributed by atoms with Crippen molar-refractivity contribution in [1.82, 2.24) is 0 Å². The van der Waals surface area contributed by atoms with Crippen molar-refractivity contribution in [2.24, 2.45) is 17.8 Å². The molecule has 3 unspecified atom stereocenters. The number of hydrogen-bond acceptors (Lipinski definition) is 3. The van der Waals surface area contributed by atoms with Crippen molar-refractivity contribution >= 4 is 5.97 Å². The quantitative estimate of drug-likeness (QED) is 0.380. The molecule has 0 aliphatic heterocycles. The van der Waals surface area contributed by atoms with Crippen LogP contribution in [-0.2, 0) is 4.79 Å². The summed E-state index contributed by atoms with van der Waals surface area (Å²) in [6, 6.07) is 0. The number of aliphatic hydroxyl groups is 2. The minimum absolute atomic E-state index is 0.0544. The fraction of sp³-hybridized carbons (Fsp3) is 0.750. The van der Waals surface area contributed by atoms with Crippen LogP contribution in [0, 0.1) is 29.6 Å². The smallest absolute Gasteiger partial charge is 0.303 e. The molecule has 4 nitrogen and oxygen atoms in total. The van der Waals surface area contributed by atoms with Crippen molar-refractivity contribution in [2.75, 3.05) is 0 Å². The Morgan fingerprint density at radius 2 is 2.17 bits per heavy atom. The number of allylic oxidation sites excluding steroid dienone is 2. The molecule has 134 valence electrons. The van der Waals surface area contributed by atoms with E-state index in [2.05, 4.69) is 24.8 Å². The maximum absolute atomic E-state index is 10.6. The molecule has 2 fully saturated rings. The second kappa shape index (κ2) is 9.25. The fourth-order valence-electron chi connectivity index (χ4n) is 3.94. The van der Waals surface area contributed by atoms with E-state index < -0.39 is 18.2 Å². The molecule has 2 aliphatic carbocycles. The Morgan fingerprint density at radius 3 is 2.88 bits per heavy atom. The zero-order chi connectivity index (χ0) is 17.5. The van der Waals surface area contributed by atoms with Crippen molar-refractivity contribution in [3.8, 4) is 11.8 Å². The van der Waals surface area contributed by atoms with E-state index in [0.29, 0.717) is 24.7 Å². The molecule has 0 aromatic rings. The maximum atomic E-state index is 10.6. The minimum atomic E-state index is -0.761. The summed E-state index contributed by atoms with van der Waals surface area (Å²) >= 11 is 0. The van der Waals surface area contributed by atoms with Crippen LogP contribution < -0.4 is 0 Å². The third-order valence-corrected chi connectivity index (χ3v) is 5.38. The van der Waals surface area contributed by atoms with Crippen LogP contribution in [0.1, 0.15) is 64.7 Å². The number of unbranched alkanes of at least 4 members (excludes halogenated alkanes) is 2. The number of aliphatic carboxylic acids is 1. The van der Waals surface area contributed by atoms with Gasteiger partial charge in [-0.05, 0) is 50.4 Å². The Labute approximate surface area is 145 Å². The van der Waals surface area contributed by atoms with Gasteiger partial charge in [0, 0.05) is 6.42 Å². The maximum Gasteiger partial charge on any atom is 0.303 e. The summed E-state index contributed by atoms with van der Waals surface area (Å²) in [5.74, 6) is 6.09. The van der Waals surface area contributed by atoms with Crippen LogP contribution in [0.3, 0.4) is 0 Å². The highest BCUT2D eigenvalue weighted by Gasteiger charge is 2.46. The Kier molecular flexibility index (Phi) is 7.33. The molecular formula is C20H30O4. The lowest BCUT2D eigenvalue weighted by Gasteiger charge is -2.48. The summed E-state index contributed by atoms with van der Waals surface area (Å²) in [7, 11) is 0. The van der Waals surface area contributed by atoms with E-state index in [1.807, 2.05) is 0 Å². The lowest BCUT2D eigenvalue weighted by Crippen LogP contribution is -2.44. The Balaban J connectivity index is 1.89. The van der Waals surface area contributed by atoms with Gasteiger partial charge >= 0.3 is 5.97 Å². The van der Waals surface area contributed by atoms with Crippen molar-refractivity contribution < 1.29 is 20.1 Å². The van der Waals surface area contributed by atoms with E-state index in [0.717, 1.165) is 38.5 Å². The van der Waals surface area contributed by atoms with Gasteiger partial charge in [0.15, 0.2) is 0 Å².